The Balaban J connectivity index is 2.04. The number of fused-ring (bicyclic) bond motifs is 1. The van der Waals surface area contributed by atoms with E-state index in [-0.39, 0.29) is 29.4 Å². The summed E-state index contributed by atoms with van der Waals surface area (Å²) in [7, 11) is 4.36. The van der Waals surface area contributed by atoms with E-state index in [9.17, 15) is 14.9 Å². The van der Waals surface area contributed by atoms with E-state index in [1.807, 2.05) is 0 Å². The van der Waals surface area contributed by atoms with Gasteiger partial charge in [-0.25, -0.2) is 0 Å². The van der Waals surface area contributed by atoms with Gasteiger partial charge in [0.1, 0.15) is 17.9 Å². The molecule has 0 amide bonds. The molecule has 0 N–H and O–H groups in total. The molecule has 0 aromatic heterocycles. The summed E-state index contributed by atoms with van der Waals surface area (Å²) in [5.41, 5.74) is 1.26. The predicted molar refractivity (Wildman–Crippen MR) is 97.0 cm³/mol. The minimum Gasteiger partial charge on any atom is -0.493 e. The third kappa shape index (κ3) is 3.29. The molecule has 8 heteroatoms. The number of hydrogen-bond acceptors (Lipinski definition) is 7. The first-order valence-corrected chi connectivity index (χ1v) is 7.95. The number of ether oxygens (including phenoxy) is 4. The van der Waals surface area contributed by atoms with Gasteiger partial charge in [-0.3, -0.25) is 14.9 Å². The first-order valence-electron chi connectivity index (χ1n) is 7.95. The lowest BCUT2D eigenvalue weighted by Gasteiger charge is -2.23. The number of non-ortho nitro benzene ring substituents is 1. The third-order valence-electron chi connectivity index (χ3n) is 4.14. The molecule has 0 bridgehead atoms. The van der Waals surface area contributed by atoms with Crippen molar-refractivity contribution in [3.05, 3.63) is 57.1 Å². The van der Waals surface area contributed by atoms with Gasteiger partial charge in [0.15, 0.2) is 17.3 Å². The topological polar surface area (TPSA) is 97.1 Å². The molecule has 8 nitrogen and oxygen atoms in total. The highest BCUT2D eigenvalue weighted by atomic mass is 16.6. The number of ketones is 1. The zero-order valence-corrected chi connectivity index (χ0v) is 15.0. The van der Waals surface area contributed by atoms with E-state index in [2.05, 4.69) is 0 Å². The van der Waals surface area contributed by atoms with Crippen LogP contribution in [0.25, 0.3) is 6.08 Å². The average molecular weight is 371 g/mol. The fourth-order valence-electron chi connectivity index (χ4n) is 2.84. The van der Waals surface area contributed by atoms with Gasteiger partial charge in [-0.05, 0) is 23.8 Å². The molecule has 2 aromatic rings. The second-order valence-electron chi connectivity index (χ2n) is 5.65. The summed E-state index contributed by atoms with van der Waals surface area (Å²) in [6, 6.07) is 7.47. The molecule has 0 atom stereocenters. The van der Waals surface area contributed by atoms with Gasteiger partial charge < -0.3 is 18.9 Å². The number of rotatable bonds is 5. The number of nitrogens with zero attached hydrogens (tertiary/aromatic N) is 1. The number of carbonyl (C=O) groups excluding carboxylic acids is 1. The summed E-state index contributed by atoms with van der Waals surface area (Å²) in [5.74, 6) is 0.991. The number of nitro benzene ring substituents is 1. The Kier molecular flexibility index (Phi) is 4.98. The highest BCUT2D eigenvalue weighted by molar-refractivity contribution is 6.16. The van der Waals surface area contributed by atoms with Crippen LogP contribution in [0.5, 0.6) is 23.0 Å². The zero-order chi connectivity index (χ0) is 19.6. The van der Waals surface area contributed by atoms with E-state index in [1.54, 1.807) is 24.3 Å². The van der Waals surface area contributed by atoms with Crippen LogP contribution >= 0.6 is 0 Å². The highest BCUT2D eigenvalue weighted by Crippen LogP contribution is 2.47. The van der Waals surface area contributed by atoms with Crippen LogP contribution in [0.3, 0.4) is 0 Å². The lowest BCUT2D eigenvalue weighted by molar-refractivity contribution is -0.384. The second kappa shape index (κ2) is 7.36. The fraction of sp³-hybridized carbons (Fsp3) is 0.211. The predicted octanol–water partition coefficient (Wildman–Crippen LogP) is 3.28. The van der Waals surface area contributed by atoms with Crippen LogP contribution in [-0.2, 0) is 0 Å². The first kappa shape index (κ1) is 18.2. The molecule has 0 fully saturated rings. The van der Waals surface area contributed by atoms with Crippen molar-refractivity contribution < 1.29 is 28.7 Å². The van der Waals surface area contributed by atoms with E-state index in [0.29, 0.717) is 28.4 Å². The maximum Gasteiger partial charge on any atom is 0.269 e. The van der Waals surface area contributed by atoms with E-state index >= 15 is 0 Å². The van der Waals surface area contributed by atoms with Crippen molar-refractivity contribution in [1.29, 1.82) is 0 Å². The zero-order valence-electron chi connectivity index (χ0n) is 15.0. The molecule has 0 aliphatic carbocycles. The normalized spacial score (nSPS) is 14.3. The molecule has 0 unspecified atom stereocenters. The molecule has 0 saturated heterocycles. The second-order valence-corrected chi connectivity index (χ2v) is 5.65. The average Bonchev–Trinajstić information content (AvgIpc) is 2.68. The Morgan fingerprint density at radius 3 is 2.30 bits per heavy atom. The summed E-state index contributed by atoms with van der Waals surface area (Å²) in [6.07, 6.45) is 1.63. The minimum atomic E-state index is -0.480. The smallest absolute Gasteiger partial charge is 0.269 e. The number of benzene rings is 2. The molecule has 0 saturated carbocycles. The van der Waals surface area contributed by atoms with Gasteiger partial charge in [0, 0.05) is 23.8 Å². The molecule has 0 radical (unpaired) electrons. The van der Waals surface area contributed by atoms with Gasteiger partial charge >= 0.3 is 0 Å². The summed E-state index contributed by atoms with van der Waals surface area (Å²) in [6.45, 7) is 0.0570. The van der Waals surface area contributed by atoms with Crippen molar-refractivity contribution >= 4 is 17.5 Å². The van der Waals surface area contributed by atoms with Gasteiger partial charge in [0.2, 0.25) is 5.75 Å². The summed E-state index contributed by atoms with van der Waals surface area (Å²) < 4.78 is 21.7. The number of methoxy groups -OCH3 is 3. The largest absolute Gasteiger partial charge is 0.493 e. The molecule has 3 rings (SSSR count). The van der Waals surface area contributed by atoms with Gasteiger partial charge in [0.25, 0.3) is 5.69 Å². The van der Waals surface area contributed by atoms with Crippen molar-refractivity contribution in [3.63, 3.8) is 0 Å². The van der Waals surface area contributed by atoms with Crippen LogP contribution in [0.2, 0.25) is 0 Å². The molecule has 1 aliphatic heterocycles. The number of Topliss-reactive ketones (excluding diaryl/α,β-unsaturated/α-hetero) is 1. The number of hydrogen-bond donors (Lipinski definition) is 0. The Labute approximate surface area is 155 Å². The Morgan fingerprint density at radius 1 is 1.07 bits per heavy atom. The molecule has 2 aromatic carbocycles. The molecule has 140 valence electrons. The lowest BCUT2D eigenvalue weighted by atomic mass is 9.96. The quantitative estimate of drug-likeness (QED) is 0.452. The monoisotopic (exact) mass is 371 g/mol. The molecule has 0 spiro atoms. The Hall–Kier alpha value is -3.55. The maximum atomic E-state index is 13.0. The van der Waals surface area contributed by atoms with E-state index in [4.69, 9.17) is 18.9 Å². The van der Waals surface area contributed by atoms with Crippen LogP contribution in [0, 0.1) is 10.1 Å². The van der Waals surface area contributed by atoms with Crippen molar-refractivity contribution in [2.24, 2.45) is 0 Å². The third-order valence-corrected chi connectivity index (χ3v) is 4.14. The van der Waals surface area contributed by atoms with Crippen molar-refractivity contribution in [2.75, 3.05) is 27.9 Å². The Morgan fingerprint density at radius 2 is 1.74 bits per heavy atom. The molecule has 1 aliphatic rings. The van der Waals surface area contributed by atoms with E-state index < -0.39 is 4.92 Å². The van der Waals surface area contributed by atoms with Crippen LogP contribution in [0.1, 0.15) is 15.9 Å². The van der Waals surface area contributed by atoms with Crippen LogP contribution < -0.4 is 18.9 Å². The first-order chi connectivity index (χ1) is 13.0. The van der Waals surface area contributed by atoms with Crippen LogP contribution in [-0.4, -0.2) is 38.6 Å². The van der Waals surface area contributed by atoms with Crippen molar-refractivity contribution in [2.45, 2.75) is 0 Å². The lowest BCUT2D eigenvalue weighted by Crippen LogP contribution is -2.20. The molecule has 1 heterocycles. The number of nitro groups is 1. The highest BCUT2D eigenvalue weighted by Gasteiger charge is 2.32. The SMILES string of the molecule is COc1cc2c(c(OC)c1OC)C(=O)/C(=C/c1ccc([N+](=O)[O-])cc1)CO2. The van der Waals surface area contributed by atoms with Crippen molar-refractivity contribution in [3.8, 4) is 23.0 Å². The van der Waals surface area contributed by atoms with E-state index in [1.165, 1.54) is 33.5 Å². The molecular weight excluding hydrogens is 354 g/mol. The van der Waals surface area contributed by atoms with Gasteiger partial charge in [-0.2, -0.15) is 0 Å². The van der Waals surface area contributed by atoms with E-state index in [0.717, 1.165) is 0 Å². The summed E-state index contributed by atoms with van der Waals surface area (Å²) in [4.78, 5) is 23.3. The van der Waals surface area contributed by atoms with Crippen LogP contribution in [0.4, 0.5) is 5.69 Å². The van der Waals surface area contributed by atoms with Gasteiger partial charge in [-0.1, -0.05) is 0 Å². The standard InChI is InChI=1S/C19H17NO7/c1-24-15-9-14-16(19(26-3)18(15)25-2)17(21)12(10-27-14)8-11-4-6-13(7-5-11)20(22)23/h4-9H,10H2,1-3H3/b12-8+. The number of carbonyl (C=O) groups is 1. The molecule has 27 heavy (non-hydrogen) atoms. The summed E-state index contributed by atoms with van der Waals surface area (Å²) >= 11 is 0. The fourth-order valence-corrected chi connectivity index (χ4v) is 2.84. The van der Waals surface area contributed by atoms with Gasteiger partial charge in [-0.15, -0.1) is 0 Å². The minimum absolute atomic E-state index is 0.0211. The molecular formula is C19H17NO7. The summed E-state index contributed by atoms with van der Waals surface area (Å²) in [5, 5.41) is 10.8. The van der Waals surface area contributed by atoms with Gasteiger partial charge in [0.05, 0.1) is 26.3 Å². The van der Waals surface area contributed by atoms with Crippen molar-refractivity contribution in [1.82, 2.24) is 0 Å². The van der Waals surface area contributed by atoms with Crippen LogP contribution in [0.15, 0.2) is 35.9 Å². The maximum absolute atomic E-state index is 13.0. The Bertz CT molecular complexity index is 932.